The number of thiophene rings is 1. The fourth-order valence-corrected chi connectivity index (χ4v) is 3.73. The molecule has 0 aliphatic heterocycles. The van der Waals surface area contributed by atoms with Crippen LogP contribution < -0.4 is 10.9 Å². The molecule has 0 fully saturated rings. The van der Waals surface area contributed by atoms with Crippen LogP contribution in [0.3, 0.4) is 0 Å². The predicted molar refractivity (Wildman–Crippen MR) is 107 cm³/mol. The first-order valence-electron chi connectivity index (χ1n) is 8.05. The molecule has 1 amide bonds. The second kappa shape index (κ2) is 7.30. The number of halogens is 1. The summed E-state index contributed by atoms with van der Waals surface area (Å²) in [4.78, 5) is 34.2. The van der Waals surface area contributed by atoms with Crippen molar-refractivity contribution >= 4 is 44.9 Å². The Morgan fingerprint density at radius 3 is 2.70 bits per heavy atom. The number of pyridine rings is 1. The van der Waals surface area contributed by atoms with Crippen molar-refractivity contribution in [2.24, 2.45) is 0 Å². The summed E-state index contributed by atoms with van der Waals surface area (Å²) in [6.45, 7) is -0.145. The van der Waals surface area contributed by atoms with Crippen LogP contribution in [0.2, 0.25) is 5.02 Å². The average Bonchev–Trinajstić information content (AvgIpc) is 3.10. The minimum atomic E-state index is -0.347. The molecule has 4 rings (SSSR count). The SMILES string of the molecule is O=C(Cn1cnc2scc(-c3ccc(Cl)cc3)c2c1=O)Nc1ccccn1. The lowest BCUT2D eigenvalue weighted by atomic mass is 10.1. The number of carbonyl (C=O) groups excluding carboxylic acids is 1. The first-order chi connectivity index (χ1) is 13.1. The molecule has 0 atom stereocenters. The number of aromatic nitrogens is 3. The third-order valence-corrected chi connectivity index (χ3v) is 5.10. The number of carbonyl (C=O) groups is 1. The second-order valence-corrected chi connectivity index (χ2v) is 7.07. The van der Waals surface area contributed by atoms with E-state index in [0.717, 1.165) is 11.1 Å². The third-order valence-electron chi connectivity index (χ3n) is 3.96. The second-order valence-electron chi connectivity index (χ2n) is 5.78. The highest BCUT2D eigenvalue weighted by Crippen LogP contribution is 2.31. The molecule has 0 saturated heterocycles. The number of anilines is 1. The van der Waals surface area contributed by atoms with Crippen molar-refractivity contribution in [1.29, 1.82) is 0 Å². The van der Waals surface area contributed by atoms with E-state index in [9.17, 15) is 9.59 Å². The highest BCUT2D eigenvalue weighted by atomic mass is 35.5. The van der Waals surface area contributed by atoms with E-state index in [1.807, 2.05) is 17.5 Å². The molecule has 0 aliphatic carbocycles. The van der Waals surface area contributed by atoms with Gasteiger partial charge in [-0.1, -0.05) is 29.8 Å². The zero-order valence-electron chi connectivity index (χ0n) is 13.9. The van der Waals surface area contributed by atoms with Crippen molar-refractivity contribution < 1.29 is 4.79 Å². The Morgan fingerprint density at radius 2 is 1.96 bits per heavy atom. The summed E-state index contributed by atoms with van der Waals surface area (Å²) in [5.41, 5.74) is 1.39. The van der Waals surface area contributed by atoms with E-state index < -0.39 is 0 Å². The van der Waals surface area contributed by atoms with Crippen molar-refractivity contribution in [3.63, 3.8) is 0 Å². The van der Waals surface area contributed by atoms with Crippen LogP contribution in [-0.4, -0.2) is 20.4 Å². The number of nitrogens with one attached hydrogen (secondary N) is 1. The minimum Gasteiger partial charge on any atom is -0.309 e. The van der Waals surface area contributed by atoms with Crippen molar-refractivity contribution in [1.82, 2.24) is 14.5 Å². The molecule has 0 bridgehead atoms. The summed E-state index contributed by atoms with van der Waals surface area (Å²) in [6.07, 6.45) is 2.98. The van der Waals surface area contributed by atoms with Gasteiger partial charge in [0.2, 0.25) is 5.91 Å². The molecule has 0 saturated carbocycles. The first-order valence-corrected chi connectivity index (χ1v) is 9.31. The normalized spacial score (nSPS) is 10.9. The summed E-state index contributed by atoms with van der Waals surface area (Å²) in [5, 5.41) is 5.67. The van der Waals surface area contributed by atoms with Crippen LogP contribution in [0.5, 0.6) is 0 Å². The van der Waals surface area contributed by atoms with E-state index in [4.69, 9.17) is 11.6 Å². The van der Waals surface area contributed by atoms with Crippen LogP contribution >= 0.6 is 22.9 Å². The lowest BCUT2D eigenvalue weighted by Crippen LogP contribution is -2.28. The Bertz CT molecular complexity index is 1170. The zero-order chi connectivity index (χ0) is 18.8. The van der Waals surface area contributed by atoms with Gasteiger partial charge in [-0.15, -0.1) is 11.3 Å². The van der Waals surface area contributed by atoms with Crippen molar-refractivity contribution in [3.05, 3.63) is 75.7 Å². The molecule has 0 radical (unpaired) electrons. The Kier molecular flexibility index (Phi) is 4.70. The number of hydrogen-bond acceptors (Lipinski definition) is 5. The summed E-state index contributed by atoms with van der Waals surface area (Å²) >= 11 is 7.34. The lowest BCUT2D eigenvalue weighted by Gasteiger charge is -2.07. The molecule has 1 aromatic carbocycles. The van der Waals surface area contributed by atoms with Crippen molar-refractivity contribution in [2.75, 3.05) is 5.32 Å². The maximum absolute atomic E-state index is 12.9. The smallest absolute Gasteiger partial charge is 0.263 e. The minimum absolute atomic E-state index is 0.145. The summed E-state index contributed by atoms with van der Waals surface area (Å²) < 4.78 is 1.30. The van der Waals surface area contributed by atoms with Crippen LogP contribution in [0.15, 0.2) is 65.2 Å². The third kappa shape index (κ3) is 3.60. The van der Waals surface area contributed by atoms with E-state index in [1.165, 1.54) is 22.2 Å². The standard InChI is InChI=1S/C19H13ClN4O2S/c20-13-6-4-12(5-7-13)14-10-27-18-17(14)19(26)24(11-22-18)9-16(25)23-15-3-1-2-8-21-15/h1-8,10-11H,9H2,(H,21,23,25). The Balaban J connectivity index is 1.67. The molecular weight excluding hydrogens is 384 g/mol. The summed E-state index contributed by atoms with van der Waals surface area (Å²) in [5.74, 6) is 0.0854. The number of fused-ring (bicyclic) bond motifs is 1. The lowest BCUT2D eigenvalue weighted by molar-refractivity contribution is -0.116. The summed E-state index contributed by atoms with van der Waals surface area (Å²) in [6, 6.07) is 12.5. The van der Waals surface area contributed by atoms with Gasteiger partial charge in [-0.05, 0) is 29.8 Å². The van der Waals surface area contributed by atoms with E-state index in [0.29, 0.717) is 21.1 Å². The van der Waals surface area contributed by atoms with Crippen LogP contribution in [0, 0.1) is 0 Å². The van der Waals surface area contributed by atoms with Crippen molar-refractivity contribution in [3.8, 4) is 11.1 Å². The monoisotopic (exact) mass is 396 g/mol. The van der Waals surface area contributed by atoms with Gasteiger partial charge in [0.1, 0.15) is 17.2 Å². The fourth-order valence-electron chi connectivity index (χ4n) is 2.70. The predicted octanol–water partition coefficient (Wildman–Crippen LogP) is 3.81. The number of hydrogen-bond donors (Lipinski definition) is 1. The molecule has 134 valence electrons. The topological polar surface area (TPSA) is 76.9 Å². The largest absolute Gasteiger partial charge is 0.309 e. The molecule has 4 aromatic rings. The quantitative estimate of drug-likeness (QED) is 0.569. The van der Waals surface area contributed by atoms with Crippen LogP contribution in [0.4, 0.5) is 5.82 Å². The zero-order valence-corrected chi connectivity index (χ0v) is 15.5. The van der Waals surface area contributed by atoms with E-state index in [2.05, 4.69) is 15.3 Å². The van der Waals surface area contributed by atoms with Gasteiger partial charge in [0.05, 0.1) is 11.7 Å². The number of rotatable bonds is 4. The van der Waals surface area contributed by atoms with E-state index in [-0.39, 0.29) is 18.0 Å². The van der Waals surface area contributed by atoms with Gasteiger partial charge in [0, 0.05) is 22.2 Å². The number of benzene rings is 1. The van der Waals surface area contributed by atoms with Crippen LogP contribution in [0.1, 0.15) is 0 Å². The van der Waals surface area contributed by atoms with Gasteiger partial charge >= 0.3 is 0 Å². The Labute approximate surface area is 163 Å². The van der Waals surface area contributed by atoms with Gasteiger partial charge in [0.15, 0.2) is 0 Å². The van der Waals surface area contributed by atoms with Crippen LogP contribution in [0.25, 0.3) is 21.3 Å². The van der Waals surface area contributed by atoms with Crippen LogP contribution in [-0.2, 0) is 11.3 Å². The highest BCUT2D eigenvalue weighted by Gasteiger charge is 2.15. The molecule has 8 heteroatoms. The molecule has 0 spiro atoms. The van der Waals surface area contributed by atoms with E-state index in [1.54, 1.807) is 36.5 Å². The van der Waals surface area contributed by atoms with Gasteiger partial charge < -0.3 is 5.32 Å². The van der Waals surface area contributed by atoms with Gasteiger partial charge in [-0.25, -0.2) is 9.97 Å². The highest BCUT2D eigenvalue weighted by molar-refractivity contribution is 7.17. The molecule has 0 aliphatic rings. The Morgan fingerprint density at radius 1 is 1.15 bits per heavy atom. The van der Waals surface area contributed by atoms with Gasteiger partial charge in [-0.2, -0.15) is 0 Å². The molecule has 3 heterocycles. The molecule has 3 aromatic heterocycles. The molecule has 27 heavy (non-hydrogen) atoms. The van der Waals surface area contributed by atoms with E-state index >= 15 is 0 Å². The van der Waals surface area contributed by atoms with Crippen molar-refractivity contribution in [2.45, 2.75) is 6.54 Å². The number of amides is 1. The first kappa shape index (κ1) is 17.4. The maximum Gasteiger partial charge on any atom is 0.263 e. The average molecular weight is 397 g/mol. The maximum atomic E-state index is 12.9. The molecule has 6 nitrogen and oxygen atoms in total. The van der Waals surface area contributed by atoms with Gasteiger partial charge in [0.25, 0.3) is 5.56 Å². The fraction of sp³-hybridized carbons (Fsp3) is 0.0526. The van der Waals surface area contributed by atoms with Gasteiger partial charge in [-0.3, -0.25) is 14.2 Å². The molecule has 1 N–H and O–H groups in total. The molecular formula is C19H13ClN4O2S. The summed E-state index contributed by atoms with van der Waals surface area (Å²) in [7, 11) is 0. The Hall–Kier alpha value is -3.03. The molecule has 0 unspecified atom stereocenters. The number of nitrogens with zero attached hydrogens (tertiary/aromatic N) is 3.